The highest BCUT2D eigenvalue weighted by atomic mass is 16.6. The fourth-order valence-electron chi connectivity index (χ4n) is 5.59. The molecule has 10 nitrogen and oxygen atoms in total. The Kier molecular flexibility index (Phi) is 15.3. The maximum absolute atomic E-state index is 11.0. The number of hydrogen-bond donors (Lipinski definition) is 0. The summed E-state index contributed by atoms with van der Waals surface area (Å²) in [4.78, 5) is 15.6. The largest absolute Gasteiger partial charge is 0.491 e. The predicted molar refractivity (Wildman–Crippen MR) is 191 cm³/mol. The van der Waals surface area contributed by atoms with Gasteiger partial charge in [-0.15, -0.1) is 5.11 Å². The molecule has 1 heterocycles. The number of unbranched alkanes of at least 4 members (excludes halogenated alkanes) is 9. The van der Waals surface area contributed by atoms with Crippen LogP contribution >= 0.6 is 0 Å². The standard InChI is InChI=1S/C37H51N7O3/c1-3-5-7-9-11-13-29-47-37-30-33(18-23-36(37)41-39-32-16-21-35(22-17-32)44(45)46)40-38-31-14-19-34(20-15-31)43-27-25-42(26-28-43)24-12-10-8-6-4-2/h14-23,30H,3-13,24-29H2,1-2H3. The number of anilines is 1. The van der Waals surface area contributed by atoms with Gasteiger partial charge in [0.25, 0.3) is 5.69 Å². The van der Waals surface area contributed by atoms with Gasteiger partial charge < -0.3 is 9.64 Å². The van der Waals surface area contributed by atoms with E-state index in [9.17, 15) is 10.1 Å². The van der Waals surface area contributed by atoms with Crippen LogP contribution in [-0.2, 0) is 0 Å². The number of nitrogens with zero attached hydrogens (tertiary/aromatic N) is 7. The lowest BCUT2D eigenvalue weighted by atomic mass is 10.1. The molecule has 10 heteroatoms. The van der Waals surface area contributed by atoms with Gasteiger partial charge in [0.15, 0.2) is 0 Å². The second-order valence-corrected chi connectivity index (χ2v) is 12.2. The highest BCUT2D eigenvalue weighted by Gasteiger charge is 2.16. The number of piperazine rings is 1. The normalized spacial score (nSPS) is 14.0. The lowest BCUT2D eigenvalue weighted by molar-refractivity contribution is -0.384. The first kappa shape index (κ1) is 35.7. The van der Waals surface area contributed by atoms with Crippen molar-refractivity contribution in [1.82, 2.24) is 4.90 Å². The minimum absolute atomic E-state index is 0.0119. The van der Waals surface area contributed by atoms with E-state index in [2.05, 4.69) is 56.2 Å². The van der Waals surface area contributed by atoms with Gasteiger partial charge >= 0.3 is 0 Å². The Morgan fingerprint density at radius 2 is 1.21 bits per heavy atom. The molecule has 1 aliphatic rings. The number of non-ortho nitro benzene ring substituents is 1. The van der Waals surface area contributed by atoms with Crippen molar-refractivity contribution in [3.05, 3.63) is 76.8 Å². The summed E-state index contributed by atoms with van der Waals surface area (Å²) >= 11 is 0. The van der Waals surface area contributed by atoms with Crippen LogP contribution in [-0.4, -0.2) is 49.2 Å². The molecule has 1 aliphatic heterocycles. The van der Waals surface area contributed by atoms with Crippen LogP contribution in [0.1, 0.15) is 84.5 Å². The van der Waals surface area contributed by atoms with Crippen molar-refractivity contribution in [3.63, 3.8) is 0 Å². The van der Waals surface area contributed by atoms with Crippen LogP contribution in [0.5, 0.6) is 5.75 Å². The van der Waals surface area contributed by atoms with Crippen LogP contribution in [0.2, 0.25) is 0 Å². The Hall–Kier alpha value is -4.18. The van der Waals surface area contributed by atoms with E-state index in [1.807, 2.05) is 30.3 Å². The summed E-state index contributed by atoms with van der Waals surface area (Å²) in [5.74, 6) is 0.580. The van der Waals surface area contributed by atoms with Gasteiger partial charge in [0.2, 0.25) is 0 Å². The lowest BCUT2D eigenvalue weighted by Crippen LogP contribution is -2.46. The molecular weight excluding hydrogens is 590 g/mol. The number of nitro benzene ring substituents is 1. The zero-order valence-corrected chi connectivity index (χ0v) is 28.2. The van der Waals surface area contributed by atoms with Crippen molar-refractivity contribution in [3.8, 4) is 5.75 Å². The molecule has 0 amide bonds. The third-order valence-electron chi connectivity index (χ3n) is 8.48. The zero-order chi connectivity index (χ0) is 33.1. The van der Waals surface area contributed by atoms with E-state index in [1.54, 1.807) is 12.1 Å². The molecule has 3 aromatic carbocycles. The van der Waals surface area contributed by atoms with Gasteiger partial charge in [0, 0.05) is 50.1 Å². The van der Waals surface area contributed by atoms with Gasteiger partial charge in [-0.2, -0.15) is 15.3 Å². The molecule has 252 valence electrons. The number of ether oxygens (including phenoxy) is 1. The fourth-order valence-corrected chi connectivity index (χ4v) is 5.59. The Balaban J connectivity index is 1.34. The van der Waals surface area contributed by atoms with Gasteiger partial charge in [-0.1, -0.05) is 71.6 Å². The predicted octanol–water partition coefficient (Wildman–Crippen LogP) is 11.3. The average Bonchev–Trinajstić information content (AvgIpc) is 3.10. The van der Waals surface area contributed by atoms with Crippen molar-refractivity contribution < 1.29 is 9.66 Å². The van der Waals surface area contributed by atoms with Crippen molar-refractivity contribution in [1.29, 1.82) is 0 Å². The number of nitro groups is 1. The van der Waals surface area contributed by atoms with Crippen LogP contribution in [0.15, 0.2) is 87.2 Å². The van der Waals surface area contributed by atoms with Crippen molar-refractivity contribution in [2.45, 2.75) is 84.5 Å². The van der Waals surface area contributed by atoms with E-state index < -0.39 is 4.92 Å². The molecule has 0 aromatic heterocycles. The van der Waals surface area contributed by atoms with Crippen LogP contribution in [0.4, 0.5) is 34.1 Å². The van der Waals surface area contributed by atoms with E-state index in [-0.39, 0.29) is 5.69 Å². The molecule has 3 aromatic rings. The van der Waals surface area contributed by atoms with E-state index in [4.69, 9.17) is 4.74 Å². The molecule has 0 radical (unpaired) electrons. The summed E-state index contributed by atoms with van der Waals surface area (Å²) in [7, 11) is 0. The monoisotopic (exact) mass is 641 g/mol. The Morgan fingerprint density at radius 3 is 1.87 bits per heavy atom. The summed E-state index contributed by atoms with van der Waals surface area (Å²) < 4.78 is 6.15. The van der Waals surface area contributed by atoms with E-state index >= 15 is 0 Å². The Bertz CT molecular complexity index is 1400. The third-order valence-corrected chi connectivity index (χ3v) is 8.48. The van der Waals surface area contributed by atoms with E-state index in [1.165, 1.54) is 82.2 Å². The second-order valence-electron chi connectivity index (χ2n) is 12.2. The summed E-state index contributed by atoms with van der Waals surface area (Å²) in [5, 5.41) is 28.6. The first-order valence-corrected chi connectivity index (χ1v) is 17.5. The van der Waals surface area contributed by atoms with Gasteiger partial charge in [0.05, 0.1) is 28.6 Å². The SMILES string of the molecule is CCCCCCCCOc1cc(N=Nc2ccc(N3CCN(CCCCCCC)CC3)cc2)ccc1N=Nc1ccc([N+](=O)[O-])cc1. The minimum Gasteiger partial charge on any atom is -0.491 e. The van der Waals surface area contributed by atoms with Gasteiger partial charge in [-0.05, 0) is 67.9 Å². The second kappa shape index (κ2) is 20.1. The number of hydrogen-bond acceptors (Lipinski definition) is 9. The molecule has 4 rings (SSSR count). The number of azo groups is 2. The van der Waals surface area contributed by atoms with Crippen LogP contribution in [0, 0.1) is 10.1 Å². The first-order valence-electron chi connectivity index (χ1n) is 17.5. The number of benzene rings is 3. The summed E-state index contributed by atoms with van der Waals surface area (Å²) in [6.07, 6.45) is 13.7. The average molecular weight is 642 g/mol. The minimum atomic E-state index is -0.435. The maximum Gasteiger partial charge on any atom is 0.269 e. The molecule has 0 aliphatic carbocycles. The Morgan fingerprint density at radius 1 is 0.660 bits per heavy atom. The summed E-state index contributed by atoms with van der Waals surface area (Å²) in [6.45, 7) is 10.6. The zero-order valence-electron chi connectivity index (χ0n) is 28.2. The van der Waals surface area contributed by atoms with E-state index in [0.29, 0.717) is 29.4 Å². The van der Waals surface area contributed by atoms with E-state index in [0.717, 1.165) is 44.7 Å². The third kappa shape index (κ3) is 12.5. The van der Waals surface area contributed by atoms with Gasteiger partial charge in [-0.25, -0.2) is 0 Å². The molecule has 0 saturated carbocycles. The van der Waals surface area contributed by atoms with Crippen molar-refractivity contribution in [2.75, 3.05) is 44.2 Å². The lowest BCUT2D eigenvalue weighted by Gasteiger charge is -2.36. The van der Waals surface area contributed by atoms with Crippen molar-refractivity contribution in [2.24, 2.45) is 20.5 Å². The molecule has 0 unspecified atom stereocenters. The van der Waals surface area contributed by atoms with Crippen LogP contribution < -0.4 is 9.64 Å². The van der Waals surface area contributed by atoms with Gasteiger partial charge in [-0.3, -0.25) is 15.0 Å². The fraction of sp³-hybridized carbons (Fsp3) is 0.514. The maximum atomic E-state index is 11.0. The highest BCUT2D eigenvalue weighted by molar-refractivity contribution is 5.59. The molecule has 0 N–H and O–H groups in total. The highest BCUT2D eigenvalue weighted by Crippen LogP contribution is 2.34. The topological polar surface area (TPSA) is 108 Å². The quantitative estimate of drug-likeness (QED) is 0.0528. The Labute approximate surface area is 280 Å². The molecular formula is C37H51N7O3. The molecule has 0 bridgehead atoms. The summed E-state index contributed by atoms with van der Waals surface area (Å²) in [6, 6.07) is 19.8. The molecule has 0 spiro atoms. The smallest absolute Gasteiger partial charge is 0.269 e. The molecule has 1 fully saturated rings. The molecule has 1 saturated heterocycles. The molecule has 0 atom stereocenters. The first-order chi connectivity index (χ1) is 23.1. The summed E-state index contributed by atoms with van der Waals surface area (Å²) in [5.41, 5.74) is 3.76. The van der Waals surface area contributed by atoms with Crippen molar-refractivity contribution >= 4 is 34.1 Å². The van der Waals surface area contributed by atoms with Crippen LogP contribution in [0.3, 0.4) is 0 Å². The van der Waals surface area contributed by atoms with Crippen LogP contribution in [0.25, 0.3) is 0 Å². The number of rotatable bonds is 20. The molecule has 47 heavy (non-hydrogen) atoms. The van der Waals surface area contributed by atoms with Gasteiger partial charge in [0.1, 0.15) is 11.4 Å².